The summed E-state index contributed by atoms with van der Waals surface area (Å²) in [5.41, 5.74) is 0. The maximum atomic E-state index is 9.44. The average Bonchev–Trinajstić information content (AvgIpc) is 1.81. The molecule has 0 aliphatic heterocycles. The van der Waals surface area contributed by atoms with Gasteiger partial charge in [-0.3, -0.25) is 0 Å². The monoisotopic (exact) mass is 378 g/mol. The van der Waals surface area contributed by atoms with Crippen LogP contribution in [0, 0.1) is 0 Å². The van der Waals surface area contributed by atoms with Crippen molar-refractivity contribution in [3.63, 3.8) is 0 Å². The van der Waals surface area contributed by atoms with Gasteiger partial charge in [-0.1, -0.05) is 69.6 Å². The number of alkyl halides is 8. The van der Waals surface area contributed by atoms with E-state index in [1.807, 2.05) is 0 Å². The number of Topliss-reactive ketones (excluding diaryl/α,β-unsaturated/α-hetero) is 1. The summed E-state index contributed by atoms with van der Waals surface area (Å²) < 4.78 is -1.50. The first kappa shape index (κ1) is 25.7. The number of ketones is 1. The summed E-state index contributed by atoms with van der Waals surface area (Å²) in [4.78, 5) is 9.44. The molecule has 0 aliphatic rings. The number of halogens is 8. The molecule has 0 unspecified atom stereocenters. The van der Waals surface area contributed by atoms with Crippen LogP contribution in [0.3, 0.4) is 0 Å². The van der Waals surface area contributed by atoms with Crippen LogP contribution >= 0.6 is 92.8 Å². The summed E-state index contributed by atoms with van der Waals surface area (Å²) in [5, 5.41) is 0.194. The third kappa shape index (κ3) is 790. The molecule has 0 heterocycles. The van der Waals surface area contributed by atoms with E-state index in [-0.39, 0.29) is 11.1 Å². The van der Waals surface area contributed by atoms with E-state index >= 15 is 0 Å². The third-order valence-corrected chi connectivity index (χ3v) is 0. The number of hydrogen-bond acceptors (Lipinski definition) is 1. The van der Waals surface area contributed by atoms with Gasteiger partial charge >= 0.3 is 0 Å². The zero-order valence-corrected chi connectivity index (χ0v) is 13.8. The van der Waals surface area contributed by atoms with E-state index in [9.17, 15) is 4.79 Å². The fourth-order valence-corrected chi connectivity index (χ4v) is 0. The van der Waals surface area contributed by atoms with Crippen LogP contribution in [-0.2, 0) is 4.79 Å². The number of hydrogen-bond donors (Lipinski definition) is 0. The Hall–Kier alpha value is 1.99. The van der Waals surface area contributed by atoms with Gasteiger partial charge in [0.2, 0.25) is 0 Å². The second-order valence-corrected chi connectivity index (χ2v) is 6.27. The predicted octanol–water partition coefficient (Wildman–Crippen LogP) is 5.99. The molecule has 0 amide bonds. The highest BCUT2D eigenvalue weighted by atomic mass is 35.6. The molecule has 0 aliphatic carbocycles. The van der Waals surface area contributed by atoms with Gasteiger partial charge in [0.05, 0.1) is 5.34 Å². The largest absolute Gasteiger partial charge is 0.300 e. The molecule has 0 saturated carbocycles. The van der Waals surface area contributed by atoms with Crippen molar-refractivity contribution in [1.82, 2.24) is 0 Å². The van der Waals surface area contributed by atoms with Crippen LogP contribution in [0.5, 0.6) is 0 Å². The topological polar surface area (TPSA) is 17.1 Å². The Morgan fingerprint density at radius 3 is 0.867 bits per heavy atom. The van der Waals surface area contributed by atoms with Gasteiger partial charge in [-0.15, -0.1) is 23.2 Å². The number of rotatable bonds is 0. The van der Waals surface area contributed by atoms with Gasteiger partial charge in [-0.05, 0) is 13.8 Å². The molecule has 1 nitrogen and oxygen atoms in total. The molecule has 15 heavy (non-hydrogen) atoms. The Bertz CT molecular complexity index is 91.8. The Kier molecular flexibility index (Phi) is 42.9. The van der Waals surface area contributed by atoms with Crippen molar-refractivity contribution in [2.24, 2.45) is 0 Å². The highest BCUT2D eigenvalue weighted by Gasteiger charge is 1.79. The Morgan fingerprint density at radius 1 is 0.867 bits per heavy atom. The first-order chi connectivity index (χ1) is 6.61. The fourth-order valence-electron chi connectivity index (χ4n) is 0. The van der Waals surface area contributed by atoms with Gasteiger partial charge in [-0.2, -0.15) is 0 Å². The molecule has 0 aromatic heterocycles. The third-order valence-electron chi connectivity index (χ3n) is 0. The minimum absolute atomic E-state index is 0.167. The second kappa shape index (κ2) is 25.0. The van der Waals surface area contributed by atoms with Crippen molar-refractivity contribution in [1.29, 1.82) is 0 Å². The zero-order chi connectivity index (χ0) is 13.4. The molecule has 0 saturated heterocycles. The van der Waals surface area contributed by atoms with Crippen LogP contribution in [0.15, 0.2) is 0 Å². The fraction of sp³-hybridized carbons (Fsp3) is 0.833. The van der Waals surface area contributed by atoms with Crippen LogP contribution in [0.2, 0.25) is 0 Å². The van der Waals surface area contributed by atoms with E-state index in [1.54, 1.807) is 0 Å². The minimum Gasteiger partial charge on any atom is -0.300 e. The quantitative estimate of drug-likeness (QED) is 0.471. The van der Waals surface area contributed by atoms with Gasteiger partial charge in [0, 0.05) is 0 Å². The van der Waals surface area contributed by atoms with E-state index in [1.165, 1.54) is 13.8 Å². The number of carbonyl (C=O) groups excluding carboxylic acids is 1. The predicted molar refractivity (Wildman–Crippen MR) is 75.6 cm³/mol. The molecule has 0 radical (unpaired) electrons. The standard InChI is InChI=1S/C3H6O.2CHCl3.CH2Cl2/c1-3(2)4;2*2-1(3)4;2-1-3/h1-2H3;2*1H;1H2. The summed E-state index contributed by atoms with van der Waals surface area (Å²) in [7, 11) is 0. The van der Waals surface area contributed by atoms with Gasteiger partial charge in [0.1, 0.15) is 5.78 Å². The molecule has 0 bridgehead atoms. The molecule has 0 rings (SSSR count). The first-order valence-electron chi connectivity index (χ1n) is 3.05. The van der Waals surface area contributed by atoms with E-state index in [0.717, 1.165) is 0 Å². The first-order valence-corrected chi connectivity index (χ1v) is 6.74. The Balaban J connectivity index is -0.0000000542. The lowest BCUT2D eigenvalue weighted by atomic mass is 10.6. The normalized spacial score (nSPS) is 7.73. The molecule has 0 fully saturated rings. The van der Waals surface area contributed by atoms with Crippen LogP contribution < -0.4 is 0 Å². The van der Waals surface area contributed by atoms with Crippen LogP contribution in [0.25, 0.3) is 0 Å². The maximum Gasteiger partial charge on any atom is 0.180 e. The van der Waals surface area contributed by atoms with E-state index in [4.69, 9.17) is 92.8 Å². The van der Waals surface area contributed by atoms with Crippen molar-refractivity contribution in [3.8, 4) is 0 Å². The highest BCUT2D eigenvalue weighted by Crippen LogP contribution is 2.04. The molecule has 96 valence electrons. The molecule has 0 aromatic rings. The minimum atomic E-state index is -0.750. The van der Waals surface area contributed by atoms with Gasteiger partial charge in [-0.25, -0.2) is 0 Å². The average molecular weight is 382 g/mol. The van der Waals surface area contributed by atoms with Crippen molar-refractivity contribution >= 4 is 98.6 Å². The molecular formula is C6H10Cl8O. The summed E-state index contributed by atoms with van der Waals surface area (Å²) in [5.74, 6) is 0.167. The molecule has 0 atom stereocenters. The smallest absolute Gasteiger partial charge is 0.180 e. The van der Waals surface area contributed by atoms with E-state index < -0.39 is 8.59 Å². The molecule has 0 spiro atoms. The van der Waals surface area contributed by atoms with Crippen LogP contribution in [-0.4, -0.2) is 19.7 Å². The van der Waals surface area contributed by atoms with Crippen molar-refractivity contribution < 1.29 is 4.79 Å². The summed E-state index contributed by atoms with van der Waals surface area (Å²) in [6.45, 7) is 3.06. The van der Waals surface area contributed by atoms with Crippen molar-refractivity contribution in [3.05, 3.63) is 0 Å². The van der Waals surface area contributed by atoms with Crippen molar-refractivity contribution in [2.75, 3.05) is 5.34 Å². The lowest BCUT2D eigenvalue weighted by Gasteiger charge is -1.69. The maximum absolute atomic E-state index is 9.44. The molecular weight excluding hydrogens is 372 g/mol. The number of carbonyl (C=O) groups is 1. The highest BCUT2D eigenvalue weighted by molar-refractivity contribution is 6.63. The van der Waals surface area contributed by atoms with Crippen LogP contribution in [0.1, 0.15) is 13.8 Å². The summed E-state index contributed by atoms with van der Waals surface area (Å²) in [6, 6.07) is 0. The Labute approximate surface area is 130 Å². The lowest BCUT2D eigenvalue weighted by Crippen LogP contribution is -1.69. The Morgan fingerprint density at radius 2 is 0.867 bits per heavy atom. The molecule has 9 heteroatoms. The molecule has 0 aromatic carbocycles. The molecule has 0 N–H and O–H groups in total. The van der Waals surface area contributed by atoms with Gasteiger partial charge in [0.15, 0.2) is 8.59 Å². The van der Waals surface area contributed by atoms with Gasteiger partial charge < -0.3 is 4.79 Å². The SMILES string of the molecule is CC(C)=O.ClC(Cl)Cl.ClC(Cl)Cl.ClCCl. The summed E-state index contributed by atoms with van der Waals surface area (Å²) in [6.07, 6.45) is 0. The second-order valence-electron chi connectivity index (χ2n) is 1.50. The van der Waals surface area contributed by atoms with Crippen LogP contribution in [0.4, 0.5) is 0 Å². The van der Waals surface area contributed by atoms with E-state index in [2.05, 4.69) is 0 Å². The van der Waals surface area contributed by atoms with Crippen molar-refractivity contribution in [2.45, 2.75) is 22.4 Å². The zero-order valence-electron chi connectivity index (χ0n) is 7.79. The van der Waals surface area contributed by atoms with E-state index in [0.29, 0.717) is 0 Å². The van der Waals surface area contributed by atoms with Gasteiger partial charge in [0.25, 0.3) is 0 Å². The summed E-state index contributed by atoms with van der Waals surface area (Å²) >= 11 is 38.4. The lowest BCUT2D eigenvalue weighted by molar-refractivity contribution is -0.114.